The first kappa shape index (κ1) is 13.6. The molecule has 0 aliphatic heterocycles. The molecule has 2 aromatic rings. The number of carbonyl (C=O) groups is 1. The van der Waals surface area contributed by atoms with Crippen LogP contribution in [0.15, 0.2) is 36.4 Å². The van der Waals surface area contributed by atoms with Crippen LogP contribution in [0.1, 0.15) is 21.5 Å². The highest BCUT2D eigenvalue weighted by Gasteiger charge is 2.14. The molecule has 0 saturated heterocycles. The highest BCUT2D eigenvalue weighted by Crippen LogP contribution is 2.27. The van der Waals surface area contributed by atoms with E-state index in [4.69, 9.17) is 11.6 Å². The van der Waals surface area contributed by atoms with Crippen LogP contribution < -0.4 is 5.32 Å². The zero-order valence-corrected chi connectivity index (χ0v) is 11.4. The number of nitrogens with one attached hydrogen (secondary N) is 1. The second-order valence-corrected chi connectivity index (χ2v) is 4.78. The van der Waals surface area contributed by atoms with E-state index >= 15 is 0 Å². The molecule has 0 aromatic heterocycles. The van der Waals surface area contributed by atoms with Gasteiger partial charge in [0.1, 0.15) is 5.82 Å². The zero-order valence-electron chi connectivity index (χ0n) is 10.6. The van der Waals surface area contributed by atoms with Crippen molar-refractivity contribution >= 4 is 23.2 Å². The number of anilines is 1. The van der Waals surface area contributed by atoms with Gasteiger partial charge in [0.2, 0.25) is 0 Å². The van der Waals surface area contributed by atoms with Crippen molar-refractivity contribution in [2.45, 2.75) is 13.8 Å². The molecule has 0 spiro atoms. The first-order valence-corrected chi connectivity index (χ1v) is 6.19. The molecule has 2 rings (SSSR count). The number of amides is 1. The van der Waals surface area contributed by atoms with Crippen molar-refractivity contribution in [3.63, 3.8) is 0 Å². The van der Waals surface area contributed by atoms with Crippen LogP contribution in [-0.4, -0.2) is 5.91 Å². The molecule has 2 aromatic carbocycles. The minimum Gasteiger partial charge on any atom is -0.318 e. The largest absolute Gasteiger partial charge is 0.318 e. The lowest BCUT2D eigenvalue weighted by Crippen LogP contribution is -2.14. The molecule has 0 unspecified atom stereocenters. The van der Waals surface area contributed by atoms with E-state index in [0.29, 0.717) is 11.1 Å². The van der Waals surface area contributed by atoms with Crippen LogP contribution in [0.25, 0.3) is 0 Å². The Bertz CT molecular complexity index is 617. The molecule has 0 radical (unpaired) electrons. The molecule has 2 nitrogen and oxygen atoms in total. The van der Waals surface area contributed by atoms with Gasteiger partial charge in [-0.1, -0.05) is 29.8 Å². The molecule has 0 heterocycles. The standard InChI is InChI=1S/C15H13ClFNO/c1-9-7-12(16)14(13(17)8-9)18-15(19)11-6-4-3-5-10(11)2/h3-8H,1-2H3,(H,18,19). The second-order valence-electron chi connectivity index (χ2n) is 4.37. The summed E-state index contributed by atoms with van der Waals surface area (Å²) in [6, 6.07) is 10.0. The Labute approximate surface area is 116 Å². The summed E-state index contributed by atoms with van der Waals surface area (Å²) in [5, 5.41) is 2.71. The molecule has 1 N–H and O–H groups in total. The van der Waals surface area contributed by atoms with Crippen molar-refractivity contribution in [3.8, 4) is 0 Å². The lowest BCUT2D eigenvalue weighted by Gasteiger charge is -2.10. The number of hydrogen-bond donors (Lipinski definition) is 1. The fraction of sp³-hybridized carbons (Fsp3) is 0.133. The number of rotatable bonds is 2. The number of hydrogen-bond acceptors (Lipinski definition) is 1. The number of halogens is 2. The number of benzene rings is 2. The third kappa shape index (κ3) is 2.93. The van der Waals surface area contributed by atoms with E-state index in [2.05, 4.69) is 5.32 Å². The fourth-order valence-corrected chi connectivity index (χ4v) is 2.14. The first-order chi connectivity index (χ1) is 8.99. The molecule has 0 saturated carbocycles. The summed E-state index contributed by atoms with van der Waals surface area (Å²) in [5.41, 5.74) is 2.04. The van der Waals surface area contributed by atoms with Crippen LogP contribution in [0.4, 0.5) is 10.1 Å². The maximum absolute atomic E-state index is 13.8. The average Bonchev–Trinajstić information content (AvgIpc) is 2.34. The van der Waals surface area contributed by atoms with Gasteiger partial charge in [0.15, 0.2) is 0 Å². The Morgan fingerprint density at radius 1 is 1.21 bits per heavy atom. The SMILES string of the molecule is Cc1cc(F)c(NC(=O)c2ccccc2C)c(Cl)c1. The lowest BCUT2D eigenvalue weighted by molar-refractivity contribution is 0.102. The molecule has 1 amide bonds. The molecular weight excluding hydrogens is 265 g/mol. The summed E-state index contributed by atoms with van der Waals surface area (Å²) >= 11 is 5.95. The van der Waals surface area contributed by atoms with Crippen LogP contribution in [0.2, 0.25) is 5.02 Å². The predicted octanol–water partition coefficient (Wildman–Crippen LogP) is 4.35. The van der Waals surface area contributed by atoms with Crippen molar-refractivity contribution in [2.75, 3.05) is 5.32 Å². The maximum Gasteiger partial charge on any atom is 0.256 e. The lowest BCUT2D eigenvalue weighted by atomic mass is 10.1. The van der Waals surface area contributed by atoms with Gasteiger partial charge in [-0.3, -0.25) is 4.79 Å². The van der Waals surface area contributed by atoms with Gasteiger partial charge in [-0.25, -0.2) is 4.39 Å². The highest BCUT2D eigenvalue weighted by molar-refractivity contribution is 6.34. The van der Waals surface area contributed by atoms with Gasteiger partial charge < -0.3 is 5.32 Å². The van der Waals surface area contributed by atoms with Gasteiger partial charge in [-0.15, -0.1) is 0 Å². The molecule has 0 atom stereocenters. The molecule has 0 fully saturated rings. The monoisotopic (exact) mass is 277 g/mol. The minimum absolute atomic E-state index is 0.0144. The van der Waals surface area contributed by atoms with Gasteiger partial charge in [0.25, 0.3) is 5.91 Å². The molecular formula is C15H13ClFNO. The van der Waals surface area contributed by atoms with Gasteiger partial charge >= 0.3 is 0 Å². The third-order valence-corrected chi connectivity index (χ3v) is 3.11. The van der Waals surface area contributed by atoms with E-state index in [1.807, 2.05) is 19.1 Å². The van der Waals surface area contributed by atoms with Crippen LogP contribution in [-0.2, 0) is 0 Å². The van der Waals surface area contributed by atoms with Crippen molar-refractivity contribution in [1.29, 1.82) is 0 Å². The van der Waals surface area contributed by atoms with Gasteiger partial charge in [0.05, 0.1) is 10.7 Å². The third-order valence-electron chi connectivity index (χ3n) is 2.81. The van der Waals surface area contributed by atoms with Gasteiger partial charge in [-0.05, 0) is 43.2 Å². The molecule has 98 valence electrons. The summed E-state index contributed by atoms with van der Waals surface area (Å²) in [7, 11) is 0. The number of carbonyl (C=O) groups excluding carboxylic acids is 1. The summed E-state index contributed by atoms with van der Waals surface area (Å²) in [5.74, 6) is -0.908. The highest BCUT2D eigenvalue weighted by atomic mass is 35.5. The Balaban J connectivity index is 2.32. The second kappa shape index (κ2) is 5.41. The smallest absolute Gasteiger partial charge is 0.256 e. The molecule has 4 heteroatoms. The number of aryl methyl sites for hydroxylation is 2. The zero-order chi connectivity index (χ0) is 14.0. The summed E-state index contributed by atoms with van der Waals surface area (Å²) in [4.78, 5) is 12.1. The van der Waals surface area contributed by atoms with E-state index in [-0.39, 0.29) is 16.6 Å². The van der Waals surface area contributed by atoms with Gasteiger partial charge in [-0.2, -0.15) is 0 Å². The molecule has 0 bridgehead atoms. The molecule has 0 aliphatic carbocycles. The van der Waals surface area contributed by atoms with Gasteiger partial charge in [0, 0.05) is 5.56 Å². The molecule has 0 aliphatic rings. The van der Waals surface area contributed by atoms with E-state index in [1.165, 1.54) is 6.07 Å². The first-order valence-electron chi connectivity index (χ1n) is 5.81. The van der Waals surface area contributed by atoms with Crippen molar-refractivity contribution < 1.29 is 9.18 Å². The van der Waals surface area contributed by atoms with E-state index in [9.17, 15) is 9.18 Å². The van der Waals surface area contributed by atoms with Crippen molar-refractivity contribution in [3.05, 3.63) is 63.9 Å². The van der Waals surface area contributed by atoms with Crippen LogP contribution in [0.3, 0.4) is 0 Å². The van der Waals surface area contributed by atoms with Crippen molar-refractivity contribution in [2.24, 2.45) is 0 Å². The van der Waals surface area contributed by atoms with Crippen LogP contribution in [0.5, 0.6) is 0 Å². The molecule has 19 heavy (non-hydrogen) atoms. The van der Waals surface area contributed by atoms with E-state index in [1.54, 1.807) is 25.1 Å². The normalized spacial score (nSPS) is 10.3. The van der Waals surface area contributed by atoms with E-state index in [0.717, 1.165) is 5.56 Å². The Morgan fingerprint density at radius 2 is 1.89 bits per heavy atom. The maximum atomic E-state index is 13.8. The Hall–Kier alpha value is -1.87. The summed E-state index contributed by atoms with van der Waals surface area (Å²) in [6.45, 7) is 3.56. The van der Waals surface area contributed by atoms with Crippen LogP contribution in [0, 0.1) is 19.7 Å². The predicted molar refractivity (Wildman–Crippen MR) is 75.3 cm³/mol. The minimum atomic E-state index is -0.535. The van der Waals surface area contributed by atoms with E-state index < -0.39 is 5.82 Å². The average molecular weight is 278 g/mol. The fourth-order valence-electron chi connectivity index (χ4n) is 1.83. The Kier molecular flexibility index (Phi) is 3.86. The van der Waals surface area contributed by atoms with Crippen LogP contribution >= 0.6 is 11.6 Å². The topological polar surface area (TPSA) is 29.1 Å². The quantitative estimate of drug-likeness (QED) is 0.869. The van der Waals surface area contributed by atoms with Crippen molar-refractivity contribution in [1.82, 2.24) is 0 Å². The summed E-state index contributed by atoms with van der Waals surface area (Å²) < 4.78 is 13.8. The Morgan fingerprint density at radius 3 is 2.53 bits per heavy atom. The summed E-state index contributed by atoms with van der Waals surface area (Å²) in [6.07, 6.45) is 0.